The van der Waals surface area contributed by atoms with Gasteiger partial charge in [-0.3, -0.25) is 4.79 Å². The highest BCUT2D eigenvalue weighted by Gasteiger charge is 2.28. The Morgan fingerprint density at radius 3 is 2.81 bits per heavy atom. The molecule has 1 saturated carbocycles. The average Bonchev–Trinajstić information content (AvgIpc) is 2.99. The second-order valence-corrected chi connectivity index (χ2v) is 4.77. The van der Waals surface area contributed by atoms with Crippen LogP contribution in [-0.4, -0.2) is 10.4 Å². The molecule has 1 fully saturated rings. The SMILES string of the molecule is CC(=O)c1cc2c(Cl)cccc2n1C1CC1. The number of rotatable bonds is 2. The number of carbonyl (C=O) groups is 1. The molecular weight excluding hydrogens is 222 g/mol. The first-order chi connectivity index (χ1) is 7.68. The average molecular weight is 234 g/mol. The molecule has 0 amide bonds. The van der Waals surface area contributed by atoms with Crippen LogP contribution in [0.4, 0.5) is 0 Å². The minimum absolute atomic E-state index is 0.110. The first-order valence-corrected chi connectivity index (χ1v) is 5.86. The Morgan fingerprint density at radius 2 is 2.19 bits per heavy atom. The highest BCUT2D eigenvalue weighted by Crippen LogP contribution is 2.40. The van der Waals surface area contributed by atoms with Crippen molar-refractivity contribution < 1.29 is 4.79 Å². The monoisotopic (exact) mass is 233 g/mol. The maximum Gasteiger partial charge on any atom is 0.176 e. The predicted octanol–water partition coefficient (Wildman–Crippen LogP) is 3.83. The van der Waals surface area contributed by atoms with Crippen molar-refractivity contribution in [2.24, 2.45) is 0 Å². The smallest absolute Gasteiger partial charge is 0.176 e. The fourth-order valence-electron chi connectivity index (χ4n) is 2.21. The quantitative estimate of drug-likeness (QED) is 0.723. The van der Waals surface area contributed by atoms with Crippen LogP contribution < -0.4 is 0 Å². The Balaban J connectivity index is 2.37. The zero-order chi connectivity index (χ0) is 11.3. The molecule has 1 heterocycles. The van der Waals surface area contributed by atoms with Crippen LogP contribution in [0.2, 0.25) is 5.02 Å². The molecule has 0 atom stereocenters. The number of nitrogens with zero attached hydrogens (tertiary/aromatic N) is 1. The summed E-state index contributed by atoms with van der Waals surface area (Å²) in [6.07, 6.45) is 2.33. The molecule has 0 bridgehead atoms. The Hall–Kier alpha value is -1.28. The molecule has 3 heteroatoms. The van der Waals surface area contributed by atoms with E-state index in [1.54, 1.807) is 6.92 Å². The topological polar surface area (TPSA) is 22.0 Å². The van der Waals surface area contributed by atoms with Gasteiger partial charge in [0.15, 0.2) is 5.78 Å². The maximum atomic E-state index is 11.6. The van der Waals surface area contributed by atoms with Crippen molar-refractivity contribution in [2.45, 2.75) is 25.8 Å². The molecule has 2 aromatic rings. The van der Waals surface area contributed by atoms with E-state index in [0.717, 1.165) is 34.5 Å². The summed E-state index contributed by atoms with van der Waals surface area (Å²) >= 11 is 6.15. The van der Waals surface area contributed by atoms with Crippen molar-refractivity contribution in [3.05, 3.63) is 35.0 Å². The predicted molar refractivity (Wildman–Crippen MR) is 65.2 cm³/mol. The molecule has 1 aliphatic rings. The third kappa shape index (κ3) is 1.37. The third-order valence-corrected chi connectivity index (χ3v) is 3.43. The largest absolute Gasteiger partial charge is 0.335 e. The van der Waals surface area contributed by atoms with E-state index in [0.29, 0.717) is 6.04 Å². The lowest BCUT2D eigenvalue weighted by molar-refractivity contribution is 0.100. The molecule has 2 nitrogen and oxygen atoms in total. The molecule has 0 saturated heterocycles. The van der Waals surface area contributed by atoms with Crippen LogP contribution in [0.3, 0.4) is 0 Å². The van der Waals surface area contributed by atoms with Crippen molar-refractivity contribution in [1.82, 2.24) is 4.57 Å². The number of halogens is 1. The van der Waals surface area contributed by atoms with Gasteiger partial charge in [0.25, 0.3) is 0 Å². The number of fused-ring (bicyclic) bond motifs is 1. The summed E-state index contributed by atoms with van der Waals surface area (Å²) in [7, 11) is 0. The normalized spacial score (nSPS) is 15.6. The van der Waals surface area contributed by atoms with Crippen LogP contribution >= 0.6 is 11.6 Å². The first kappa shape index (κ1) is 9.91. The molecule has 16 heavy (non-hydrogen) atoms. The lowest BCUT2D eigenvalue weighted by Gasteiger charge is -2.06. The number of carbonyl (C=O) groups excluding carboxylic acids is 1. The van der Waals surface area contributed by atoms with Gasteiger partial charge in [0.2, 0.25) is 0 Å². The number of hydrogen-bond acceptors (Lipinski definition) is 1. The molecule has 0 unspecified atom stereocenters. The molecule has 82 valence electrons. The summed E-state index contributed by atoms with van der Waals surface area (Å²) in [6, 6.07) is 8.25. The van der Waals surface area contributed by atoms with Crippen molar-refractivity contribution in [1.29, 1.82) is 0 Å². The molecule has 3 rings (SSSR count). The molecule has 0 N–H and O–H groups in total. The van der Waals surface area contributed by atoms with Gasteiger partial charge in [-0.25, -0.2) is 0 Å². The first-order valence-electron chi connectivity index (χ1n) is 5.49. The summed E-state index contributed by atoms with van der Waals surface area (Å²) in [4.78, 5) is 11.6. The zero-order valence-corrected chi connectivity index (χ0v) is 9.79. The summed E-state index contributed by atoms with van der Waals surface area (Å²) in [6.45, 7) is 1.61. The lowest BCUT2D eigenvalue weighted by Crippen LogP contribution is -2.04. The van der Waals surface area contributed by atoms with E-state index in [-0.39, 0.29) is 5.78 Å². The standard InChI is InChI=1S/C13H12ClNO/c1-8(16)13-7-10-11(14)3-2-4-12(10)15(13)9-5-6-9/h2-4,7,9H,5-6H2,1H3. The Kier molecular flexibility index (Phi) is 2.08. The van der Waals surface area contributed by atoms with E-state index in [1.807, 2.05) is 24.3 Å². The van der Waals surface area contributed by atoms with Gasteiger partial charge in [-0.15, -0.1) is 0 Å². The Morgan fingerprint density at radius 1 is 1.44 bits per heavy atom. The van der Waals surface area contributed by atoms with E-state index in [2.05, 4.69) is 4.57 Å². The van der Waals surface area contributed by atoms with Crippen LogP contribution in [0.15, 0.2) is 24.3 Å². The van der Waals surface area contributed by atoms with Gasteiger partial charge in [0, 0.05) is 23.4 Å². The van der Waals surface area contributed by atoms with E-state index in [1.165, 1.54) is 0 Å². The maximum absolute atomic E-state index is 11.6. The Bertz CT molecular complexity index is 581. The molecule has 0 radical (unpaired) electrons. The second-order valence-electron chi connectivity index (χ2n) is 4.36. The molecule has 1 aromatic heterocycles. The van der Waals surface area contributed by atoms with E-state index >= 15 is 0 Å². The van der Waals surface area contributed by atoms with Crippen molar-refractivity contribution in [2.75, 3.05) is 0 Å². The Labute approximate surface area is 98.8 Å². The van der Waals surface area contributed by atoms with Gasteiger partial charge >= 0.3 is 0 Å². The molecule has 1 aromatic carbocycles. The number of Topliss-reactive ketones (excluding diaryl/α,β-unsaturated/α-hetero) is 1. The summed E-state index contributed by atoms with van der Waals surface area (Å²) in [5, 5.41) is 1.71. The fourth-order valence-corrected chi connectivity index (χ4v) is 2.44. The van der Waals surface area contributed by atoms with Gasteiger partial charge in [-0.2, -0.15) is 0 Å². The number of aromatic nitrogens is 1. The van der Waals surface area contributed by atoms with Crippen molar-refractivity contribution >= 4 is 28.3 Å². The fraction of sp³-hybridized carbons (Fsp3) is 0.308. The molecule has 1 aliphatic carbocycles. The number of benzene rings is 1. The highest BCUT2D eigenvalue weighted by molar-refractivity contribution is 6.35. The van der Waals surface area contributed by atoms with Gasteiger partial charge in [-0.1, -0.05) is 17.7 Å². The highest BCUT2D eigenvalue weighted by atomic mass is 35.5. The van der Waals surface area contributed by atoms with Crippen molar-refractivity contribution in [3.8, 4) is 0 Å². The molecule has 0 spiro atoms. The number of ketones is 1. The summed E-state index contributed by atoms with van der Waals surface area (Å²) < 4.78 is 2.14. The van der Waals surface area contributed by atoms with E-state index in [4.69, 9.17) is 11.6 Å². The molecule has 0 aliphatic heterocycles. The van der Waals surface area contributed by atoms with Gasteiger partial charge < -0.3 is 4.57 Å². The van der Waals surface area contributed by atoms with Crippen LogP contribution in [0.25, 0.3) is 10.9 Å². The van der Waals surface area contributed by atoms with Gasteiger partial charge in [0.05, 0.1) is 11.2 Å². The van der Waals surface area contributed by atoms with E-state index < -0.39 is 0 Å². The van der Waals surface area contributed by atoms with Gasteiger partial charge in [-0.05, 0) is 31.0 Å². The second kappa shape index (κ2) is 3.36. The minimum atomic E-state index is 0.110. The summed E-state index contributed by atoms with van der Waals surface area (Å²) in [5.41, 5.74) is 1.87. The van der Waals surface area contributed by atoms with Crippen LogP contribution in [0.1, 0.15) is 36.3 Å². The zero-order valence-electron chi connectivity index (χ0n) is 9.03. The lowest BCUT2D eigenvalue weighted by atomic mass is 10.2. The summed E-state index contributed by atoms with van der Waals surface area (Å²) in [5.74, 6) is 0.110. The van der Waals surface area contributed by atoms with Crippen LogP contribution in [0, 0.1) is 0 Å². The van der Waals surface area contributed by atoms with E-state index in [9.17, 15) is 4.79 Å². The minimum Gasteiger partial charge on any atom is -0.335 e. The third-order valence-electron chi connectivity index (χ3n) is 3.10. The number of hydrogen-bond donors (Lipinski definition) is 0. The van der Waals surface area contributed by atoms with Crippen LogP contribution in [-0.2, 0) is 0 Å². The molecular formula is C13H12ClNO. The van der Waals surface area contributed by atoms with Crippen molar-refractivity contribution in [3.63, 3.8) is 0 Å². The van der Waals surface area contributed by atoms with Gasteiger partial charge in [0.1, 0.15) is 0 Å². The van der Waals surface area contributed by atoms with Crippen LogP contribution in [0.5, 0.6) is 0 Å².